The van der Waals surface area contributed by atoms with E-state index in [1.165, 1.54) is 23.5 Å². The molecule has 116 valence electrons. The average Bonchev–Trinajstić information content (AvgIpc) is 3.15. The fourth-order valence-electron chi connectivity index (χ4n) is 1.92. The quantitative estimate of drug-likeness (QED) is 0.925. The van der Waals surface area contributed by atoms with E-state index in [9.17, 15) is 14.3 Å². The van der Waals surface area contributed by atoms with E-state index in [0.717, 1.165) is 5.06 Å². The normalized spacial score (nSPS) is 17.7. The summed E-state index contributed by atoms with van der Waals surface area (Å²) in [7, 11) is 0. The van der Waals surface area contributed by atoms with Crippen molar-refractivity contribution in [1.29, 1.82) is 0 Å². The topological polar surface area (TPSA) is 71.9 Å². The van der Waals surface area contributed by atoms with Crippen LogP contribution in [0.25, 0.3) is 0 Å². The van der Waals surface area contributed by atoms with Crippen LogP contribution >= 0.6 is 11.3 Å². The third-order valence-electron chi connectivity index (χ3n) is 2.98. The third kappa shape index (κ3) is 3.24. The van der Waals surface area contributed by atoms with Gasteiger partial charge in [0, 0.05) is 5.38 Å². The highest BCUT2D eigenvalue weighted by atomic mass is 32.1. The van der Waals surface area contributed by atoms with Crippen LogP contribution in [0, 0.1) is 5.82 Å². The predicted molar refractivity (Wildman–Crippen MR) is 75.8 cm³/mol. The minimum absolute atomic E-state index is 0.0718. The van der Waals surface area contributed by atoms with E-state index in [0.29, 0.717) is 5.01 Å². The van der Waals surface area contributed by atoms with Crippen LogP contribution < -0.4 is 4.74 Å². The van der Waals surface area contributed by atoms with Crippen molar-refractivity contribution in [3.8, 4) is 5.75 Å². The van der Waals surface area contributed by atoms with Gasteiger partial charge in [0.05, 0.1) is 6.54 Å². The molecule has 3 rings (SSSR count). The van der Waals surface area contributed by atoms with E-state index in [-0.39, 0.29) is 31.2 Å². The van der Waals surface area contributed by atoms with E-state index in [1.807, 2.05) is 0 Å². The molecule has 2 heterocycles. The van der Waals surface area contributed by atoms with Gasteiger partial charge in [0.15, 0.2) is 11.6 Å². The second kappa shape index (κ2) is 6.39. The monoisotopic (exact) mass is 324 g/mol. The Balaban J connectivity index is 1.62. The number of halogens is 1. The van der Waals surface area contributed by atoms with Gasteiger partial charge in [-0.15, -0.1) is 11.3 Å². The lowest BCUT2D eigenvalue weighted by atomic mass is 10.3. The van der Waals surface area contributed by atoms with Gasteiger partial charge in [0.2, 0.25) is 0 Å². The van der Waals surface area contributed by atoms with Gasteiger partial charge in [-0.2, -0.15) is 0 Å². The smallest absolute Gasteiger partial charge is 0.296 e. The van der Waals surface area contributed by atoms with Gasteiger partial charge < -0.3 is 9.84 Å². The van der Waals surface area contributed by atoms with E-state index in [4.69, 9.17) is 9.57 Å². The summed E-state index contributed by atoms with van der Waals surface area (Å²) in [6.45, 7) is 0.291. The summed E-state index contributed by atoms with van der Waals surface area (Å²) in [5, 5.41) is 12.6. The van der Waals surface area contributed by atoms with Gasteiger partial charge in [-0.05, 0) is 12.1 Å². The maximum Gasteiger partial charge on any atom is 0.296 e. The first-order valence-electron chi connectivity index (χ1n) is 6.58. The Morgan fingerprint density at radius 3 is 3.09 bits per heavy atom. The second-order valence-electron chi connectivity index (χ2n) is 4.66. The molecule has 0 unspecified atom stereocenters. The number of para-hydroxylation sites is 1. The average molecular weight is 324 g/mol. The lowest BCUT2D eigenvalue weighted by Gasteiger charge is -2.11. The molecule has 1 atom stereocenters. The number of rotatable bonds is 4. The Morgan fingerprint density at radius 1 is 1.55 bits per heavy atom. The highest BCUT2D eigenvalue weighted by molar-refractivity contribution is 7.09. The molecule has 1 aliphatic heterocycles. The molecule has 1 aromatic carbocycles. The molecule has 6 nitrogen and oxygen atoms in total. The van der Waals surface area contributed by atoms with Gasteiger partial charge in [-0.25, -0.2) is 14.4 Å². The molecule has 0 radical (unpaired) electrons. The fraction of sp³-hybridized carbons (Fsp3) is 0.286. The number of aliphatic hydroxyl groups is 1. The molecule has 1 N–H and O–H groups in total. The van der Waals surface area contributed by atoms with Gasteiger partial charge in [0.1, 0.15) is 30.0 Å². The minimum Gasteiger partial charge on any atom is -0.483 e. The van der Waals surface area contributed by atoms with Crippen molar-refractivity contribution in [3.63, 3.8) is 0 Å². The molecular formula is C14H13FN2O4S. The first-order valence-corrected chi connectivity index (χ1v) is 7.46. The zero-order valence-corrected chi connectivity index (χ0v) is 12.3. The van der Waals surface area contributed by atoms with Crippen LogP contribution in [0.3, 0.4) is 0 Å². The van der Waals surface area contributed by atoms with Crippen LogP contribution in [-0.4, -0.2) is 40.3 Å². The first kappa shape index (κ1) is 14.9. The van der Waals surface area contributed by atoms with Crippen LogP contribution in [0.4, 0.5) is 4.39 Å². The summed E-state index contributed by atoms with van der Waals surface area (Å²) in [5.41, 5.74) is 0.214. The van der Waals surface area contributed by atoms with Crippen molar-refractivity contribution < 1.29 is 23.9 Å². The van der Waals surface area contributed by atoms with Crippen molar-refractivity contribution in [2.45, 2.75) is 12.7 Å². The van der Waals surface area contributed by atoms with Gasteiger partial charge in [-0.3, -0.25) is 9.63 Å². The van der Waals surface area contributed by atoms with E-state index >= 15 is 0 Å². The summed E-state index contributed by atoms with van der Waals surface area (Å²) in [6.07, 6.45) is -0.675. The summed E-state index contributed by atoms with van der Waals surface area (Å²) in [6, 6.07) is 6.08. The number of aliphatic hydroxyl groups excluding tert-OH is 1. The zero-order valence-electron chi connectivity index (χ0n) is 11.4. The molecule has 0 saturated carbocycles. The molecule has 22 heavy (non-hydrogen) atoms. The zero-order chi connectivity index (χ0) is 15.5. The first-order chi connectivity index (χ1) is 10.6. The Morgan fingerprint density at radius 2 is 2.36 bits per heavy atom. The van der Waals surface area contributed by atoms with Crippen LogP contribution in [0.2, 0.25) is 0 Å². The molecule has 2 aromatic rings. The number of thiazole rings is 1. The summed E-state index contributed by atoms with van der Waals surface area (Å²) < 4.78 is 18.8. The van der Waals surface area contributed by atoms with Crippen molar-refractivity contribution in [3.05, 3.63) is 46.2 Å². The summed E-state index contributed by atoms with van der Waals surface area (Å²) in [4.78, 5) is 21.3. The molecular weight excluding hydrogens is 311 g/mol. The molecule has 1 amide bonds. The Kier molecular flexibility index (Phi) is 4.32. The van der Waals surface area contributed by atoms with Crippen molar-refractivity contribution >= 4 is 17.2 Å². The highest BCUT2D eigenvalue weighted by Gasteiger charge is 2.28. The molecule has 1 saturated heterocycles. The lowest BCUT2D eigenvalue weighted by molar-refractivity contribution is -0.0782. The number of hydrogen-bond acceptors (Lipinski definition) is 6. The lowest BCUT2D eigenvalue weighted by Crippen LogP contribution is -2.28. The predicted octanol–water partition coefficient (Wildman–Crippen LogP) is 1.61. The Labute approximate surface area is 129 Å². The number of aromatic nitrogens is 1. The number of hydroxylamine groups is 2. The summed E-state index contributed by atoms with van der Waals surface area (Å²) in [5.74, 6) is -0.726. The van der Waals surface area contributed by atoms with Gasteiger partial charge in [0.25, 0.3) is 5.91 Å². The number of benzene rings is 1. The van der Waals surface area contributed by atoms with E-state index in [2.05, 4.69) is 4.98 Å². The SMILES string of the molecule is O=C(c1csc(COc2ccccc2F)n1)N1C[C@@H](O)CO1. The third-order valence-corrected chi connectivity index (χ3v) is 3.81. The van der Waals surface area contributed by atoms with Crippen LogP contribution in [0.1, 0.15) is 15.5 Å². The fourth-order valence-corrected chi connectivity index (χ4v) is 2.60. The summed E-state index contributed by atoms with van der Waals surface area (Å²) >= 11 is 1.24. The molecule has 0 spiro atoms. The largest absolute Gasteiger partial charge is 0.483 e. The second-order valence-corrected chi connectivity index (χ2v) is 5.60. The van der Waals surface area contributed by atoms with E-state index < -0.39 is 17.8 Å². The minimum atomic E-state index is -0.675. The molecule has 8 heteroatoms. The van der Waals surface area contributed by atoms with Crippen LogP contribution in [0.5, 0.6) is 5.75 Å². The molecule has 0 bridgehead atoms. The van der Waals surface area contributed by atoms with E-state index in [1.54, 1.807) is 17.5 Å². The Bertz CT molecular complexity index is 678. The maximum atomic E-state index is 13.4. The number of ether oxygens (including phenoxy) is 1. The standard InChI is InChI=1S/C14H13FN2O4S/c15-10-3-1-2-4-12(10)20-7-13-16-11(8-22-13)14(19)17-5-9(18)6-21-17/h1-4,8-9,18H,5-7H2/t9-/m1/s1. The number of hydrogen-bond donors (Lipinski definition) is 1. The van der Waals surface area contributed by atoms with Crippen LogP contribution in [0.15, 0.2) is 29.6 Å². The number of carbonyl (C=O) groups is 1. The number of amides is 1. The van der Waals surface area contributed by atoms with Crippen LogP contribution in [-0.2, 0) is 11.4 Å². The molecule has 1 aromatic heterocycles. The molecule has 1 fully saturated rings. The number of nitrogens with zero attached hydrogens (tertiary/aromatic N) is 2. The number of carbonyl (C=O) groups excluding carboxylic acids is 1. The molecule has 1 aliphatic rings. The van der Waals surface area contributed by atoms with Crippen molar-refractivity contribution in [1.82, 2.24) is 10.0 Å². The van der Waals surface area contributed by atoms with Gasteiger partial charge in [-0.1, -0.05) is 12.1 Å². The van der Waals surface area contributed by atoms with Crippen molar-refractivity contribution in [2.75, 3.05) is 13.2 Å². The Hall–Kier alpha value is -2.03. The maximum absolute atomic E-state index is 13.4. The van der Waals surface area contributed by atoms with Crippen molar-refractivity contribution in [2.24, 2.45) is 0 Å². The number of β-amino-alcohol motifs (C(OH)–C–C–N with tert-alkyl or cyclic N) is 1. The highest BCUT2D eigenvalue weighted by Crippen LogP contribution is 2.19. The van der Waals surface area contributed by atoms with Gasteiger partial charge >= 0.3 is 0 Å². The molecule has 0 aliphatic carbocycles.